The number of carboxylic acid groups (broad SMARTS) is 1. The minimum absolute atomic E-state index is 0.00698. The summed E-state index contributed by atoms with van der Waals surface area (Å²) in [6.45, 7) is 0.365. The number of carbonyl (C=O) groups excluding carboxylic acids is 1. The van der Waals surface area contributed by atoms with E-state index in [1.54, 1.807) is 18.2 Å². The molecule has 1 heterocycles. The van der Waals surface area contributed by atoms with E-state index in [2.05, 4.69) is 10.6 Å². The quantitative estimate of drug-likeness (QED) is 0.439. The number of nitro benzene ring substituents is 1. The molecule has 2 aliphatic rings. The summed E-state index contributed by atoms with van der Waals surface area (Å²) in [4.78, 5) is 34.8. The number of rotatable bonds is 7. The number of hydrogen-bond acceptors (Lipinski definition) is 7. The lowest BCUT2D eigenvalue weighted by atomic mass is 9.86. The summed E-state index contributed by atoms with van der Waals surface area (Å²) in [6, 6.07) is 9.46. The number of amides is 1. The third-order valence-electron chi connectivity index (χ3n) is 5.78. The van der Waals surface area contributed by atoms with Crippen molar-refractivity contribution in [3.05, 3.63) is 57.6 Å². The van der Waals surface area contributed by atoms with Gasteiger partial charge in [-0.3, -0.25) is 19.7 Å². The summed E-state index contributed by atoms with van der Waals surface area (Å²) >= 11 is 0. The van der Waals surface area contributed by atoms with Crippen LogP contribution < -0.4 is 20.1 Å². The highest BCUT2D eigenvalue weighted by Gasteiger charge is 2.27. The van der Waals surface area contributed by atoms with Gasteiger partial charge in [0.05, 0.1) is 16.4 Å². The van der Waals surface area contributed by atoms with E-state index in [9.17, 15) is 19.7 Å². The number of non-ortho nitro benzene ring substituents is 1. The maximum Gasteiger partial charge on any atom is 0.306 e. The molecule has 4 rings (SSSR count). The number of nitrogens with one attached hydrogen (secondary N) is 2. The fourth-order valence-electron chi connectivity index (χ4n) is 3.99. The number of carboxylic acids is 1. The molecule has 10 nitrogen and oxygen atoms in total. The molecule has 32 heavy (non-hydrogen) atoms. The predicted molar refractivity (Wildman–Crippen MR) is 114 cm³/mol. The molecule has 1 amide bonds. The molecule has 10 heteroatoms. The second kappa shape index (κ2) is 9.13. The second-order valence-corrected chi connectivity index (χ2v) is 7.89. The van der Waals surface area contributed by atoms with E-state index in [0.717, 1.165) is 5.56 Å². The lowest BCUT2D eigenvalue weighted by Gasteiger charge is -2.28. The van der Waals surface area contributed by atoms with E-state index in [0.29, 0.717) is 42.9 Å². The molecule has 1 aliphatic heterocycles. The zero-order valence-corrected chi connectivity index (χ0v) is 17.2. The molecule has 0 spiro atoms. The highest BCUT2D eigenvalue weighted by atomic mass is 16.7. The molecule has 1 fully saturated rings. The molecule has 0 bridgehead atoms. The Morgan fingerprint density at radius 2 is 1.81 bits per heavy atom. The van der Waals surface area contributed by atoms with E-state index < -0.39 is 16.8 Å². The van der Waals surface area contributed by atoms with Crippen molar-refractivity contribution in [2.24, 2.45) is 5.92 Å². The van der Waals surface area contributed by atoms with E-state index in [4.69, 9.17) is 14.6 Å². The van der Waals surface area contributed by atoms with Gasteiger partial charge in [0.2, 0.25) is 6.79 Å². The van der Waals surface area contributed by atoms with Crippen LogP contribution in [0.15, 0.2) is 36.4 Å². The van der Waals surface area contributed by atoms with Crippen molar-refractivity contribution in [1.29, 1.82) is 0 Å². The van der Waals surface area contributed by atoms with Gasteiger partial charge in [0.25, 0.3) is 11.6 Å². The number of aliphatic carboxylic acids is 1. The number of hydrogen-bond donors (Lipinski definition) is 3. The molecule has 0 unspecified atom stereocenters. The molecule has 0 aromatic heterocycles. The number of fused-ring (bicyclic) bond motifs is 1. The van der Waals surface area contributed by atoms with Crippen molar-refractivity contribution >= 4 is 23.3 Å². The fraction of sp³-hybridized carbons (Fsp3) is 0.364. The van der Waals surface area contributed by atoms with E-state index in [1.165, 1.54) is 18.2 Å². The normalized spacial score (nSPS) is 19.2. The monoisotopic (exact) mass is 441 g/mol. The van der Waals surface area contributed by atoms with Gasteiger partial charge in [-0.05, 0) is 49.4 Å². The summed E-state index contributed by atoms with van der Waals surface area (Å²) < 4.78 is 10.6. The van der Waals surface area contributed by atoms with Gasteiger partial charge in [-0.25, -0.2) is 0 Å². The number of benzene rings is 2. The van der Waals surface area contributed by atoms with Gasteiger partial charge in [0.1, 0.15) is 0 Å². The summed E-state index contributed by atoms with van der Waals surface area (Å²) in [5.41, 5.74) is 1.27. The molecule has 1 aliphatic carbocycles. The largest absolute Gasteiger partial charge is 0.481 e. The van der Waals surface area contributed by atoms with Gasteiger partial charge in [-0.1, -0.05) is 6.07 Å². The van der Waals surface area contributed by atoms with Gasteiger partial charge < -0.3 is 25.2 Å². The van der Waals surface area contributed by atoms with Crippen LogP contribution in [-0.2, 0) is 11.3 Å². The highest BCUT2D eigenvalue weighted by Crippen LogP contribution is 2.33. The first-order chi connectivity index (χ1) is 15.4. The Kier molecular flexibility index (Phi) is 6.11. The first kappa shape index (κ1) is 21.4. The van der Waals surface area contributed by atoms with Crippen LogP contribution in [0.3, 0.4) is 0 Å². The molecule has 168 valence electrons. The van der Waals surface area contributed by atoms with Crippen LogP contribution in [0.1, 0.15) is 41.6 Å². The molecule has 0 saturated heterocycles. The van der Waals surface area contributed by atoms with Crippen molar-refractivity contribution in [1.82, 2.24) is 5.32 Å². The van der Waals surface area contributed by atoms with E-state index in [1.807, 2.05) is 0 Å². The zero-order valence-electron chi connectivity index (χ0n) is 17.2. The van der Waals surface area contributed by atoms with Crippen molar-refractivity contribution in [2.45, 2.75) is 38.3 Å². The van der Waals surface area contributed by atoms with Crippen LogP contribution in [0.4, 0.5) is 11.4 Å². The summed E-state index contributed by atoms with van der Waals surface area (Å²) in [5.74, 6) is -0.348. The van der Waals surface area contributed by atoms with Gasteiger partial charge in [0, 0.05) is 30.4 Å². The average molecular weight is 441 g/mol. The Labute approximate surface area is 183 Å². The lowest BCUT2D eigenvalue weighted by Crippen LogP contribution is -2.30. The Morgan fingerprint density at radius 3 is 2.53 bits per heavy atom. The highest BCUT2D eigenvalue weighted by molar-refractivity contribution is 6.00. The minimum Gasteiger partial charge on any atom is -0.481 e. The standard InChI is InChI=1S/C22H23N3O7/c26-21(23-11-13-1-8-19-20(9-13)32-12-31-19)17-10-16(25(29)30)6-7-18(17)24-15-4-2-14(3-5-15)22(27)28/h1,6-10,14-15,24H,2-5,11-12H2,(H,23,26)(H,27,28). The van der Waals surface area contributed by atoms with Gasteiger partial charge in [0.15, 0.2) is 11.5 Å². The SMILES string of the molecule is O=C(NCc1ccc2c(c1)OCO2)c1cc([N+](=O)[O-])ccc1NC1CCC(C(=O)O)CC1. The molecule has 3 N–H and O–H groups in total. The summed E-state index contributed by atoms with van der Waals surface area (Å²) in [5, 5.41) is 26.5. The third-order valence-corrected chi connectivity index (χ3v) is 5.78. The van der Waals surface area contributed by atoms with Crippen LogP contribution in [0.25, 0.3) is 0 Å². The van der Waals surface area contributed by atoms with E-state index >= 15 is 0 Å². The first-order valence-corrected chi connectivity index (χ1v) is 10.3. The van der Waals surface area contributed by atoms with Gasteiger partial charge >= 0.3 is 5.97 Å². The van der Waals surface area contributed by atoms with Crippen LogP contribution in [0, 0.1) is 16.0 Å². The summed E-state index contributed by atoms with van der Waals surface area (Å²) in [6.07, 6.45) is 2.38. The number of carbonyl (C=O) groups is 2. The molecule has 1 saturated carbocycles. The van der Waals surface area contributed by atoms with E-state index in [-0.39, 0.29) is 36.5 Å². The van der Waals surface area contributed by atoms with Crippen molar-refractivity contribution in [3.63, 3.8) is 0 Å². The Bertz CT molecular complexity index is 1050. The maximum atomic E-state index is 12.9. The van der Waals surface area contributed by atoms with Crippen molar-refractivity contribution in [2.75, 3.05) is 12.1 Å². The predicted octanol–water partition coefficient (Wildman–Crippen LogP) is 3.31. The molecule has 2 aromatic rings. The number of anilines is 1. The smallest absolute Gasteiger partial charge is 0.306 e. The number of nitrogens with zero attached hydrogens (tertiary/aromatic N) is 1. The zero-order chi connectivity index (χ0) is 22.7. The second-order valence-electron chi connectivity index (χ2n) is 7.89. The average Bonchev–Trinajstić information content (AvgIpc) is 3.26. The molecule has 2 aromatic carbocycles. The lowest BCUT2D eigenvalue weighted by molar-refractivity contribution is -0.384. The number of nitro groups is 1. The molecular weight excluding hydrogens is 418 g/mol. The van der Waals surface area contributed by atoms with Crippen LogP contribution in [-0.4, -0.2) is 34.7 Å². The van der Waals surface area contributed by atoms with Gasteiger partial charge in [-0.2, -0.15) is 0 Å². The Hall–Kier alpha value is -3.82. The van der Waals surface area contributed by atoms with Gasteiger partial charge in [-0.15, -0.1) is 0 Å². The molecule has 0 atom stereocenters. The maximum absolute atomic E-state index is 12.9. The topological polar surface area (TPSA) is 140 Å². The molecule has 0 radical (unpaired) electrons. The van der Waals surface area contributed by atoms with Crippen LogP contribution >= 0.6 is 0 Å². The van der Waals surface area contributed by atoms with Crippen LogP contribution in [0.2, 0.25) is 0 Å². The Morgan fingerprint density at radius 1 is 1.06 bits per heavy atom. The summed E-state index contributed by atoms with van der Waals surface area (Å²) in [7, 11) is 0. The first-order valence-electron chi connectivity index (χ1n) is 10.3. The minimum atomic E-state index is -0.789. The van der Waals surface area contributed by atoms with Crippen LogP contribution in [0.5, 0.6) is 11.5 Å². The third kappa shape index (κ3) is 4.74. The Balaban J connectivity index is 1.47. The fourth-order valence-corrected chi connectivity index (χ4v) is 3.99. The van der Waals surface area contributed by atoms with Crippen molar-refractivity contribution < 1.29 is 29.1 Å². The molecular formula is C22H23N3O7. The number of ether oxygens (including phenoxy) is 2. The van der Waals surface area contributed by atoms with Crippen molar-refractivity contribution in [3.8, 4) is 11.5 Å².